The van der Waals surface area contributed by atoms with Gasteiger partial charge in [-0.2, -0.15) is 0 Å². The van der Waals surface area contributed by atoms with Crippen LogP contribution in [-0.2, 0) is 17.8 Å². The molecule has 250 valence electrons. The Kier molecular flexibility index (Phi) is 9.61. The number of nitrogens with one attached hydrogen (secondary N) is 1. The van der Waals surface area contributed by atoms with Gasteiger partial charge in [-0.3, -0.25) is 14.4 Å². The highest BCUT2D eigenvalue weighted by molar-refractivity contribution is 6.30. The van der Waals surface area contributed by atoms with E-state index in [2.05, 4.69) is 39.5 Å². The van der Waals surface area contributed by atoms with Gasteiger partial charge in [0.05, 0.1) is 11.7 Å². The number of piperidine rings is 1. The van der Waals surface area contributed by atoms with Crippen LogP contribution in [0.25, 0.3) is 16.7 Å². The van der Waals surface area contributed by atoms with E-state index in [9.17, 15) is 14.4 Å². The van der Waals surface area contributed by atoms with E-state index in [1.165, 1.54) is 22.9 Å². The molecule has 1 unspecified atom stereocenters. The Hall–Kier alpha value is -5.15. The number of nitrogens with zero attached hydrogens (tertiary/aromatic N) is 4. The molecule has 4 heterocycles. The predicted octanol–water partition coefficient (Wildman–Crippen LogP) is 6.71. The van der Waals surface area contributed by atoms with E-state index in [-0.39, 0.29) is 23.1 Å². The quantitative estimate of drug-likeness (QED) is 0.165. The smallest absolute Gasteiger partial charge is 0.287 e. The van der Waals surface area contributed by atoms with Crippen LogP contribution in [0.3, 0.4) is 0 Å². The fraction of sp³-hybridized carbons (Fsp3) is 0.282. The SMILES string of the molecule is O=C(NC(C=C1CCN(c2ccccc2CN2CCCC2=O)CC1)CCc1ccc(Cl)cc1)c1cc(=O)c2cc(-n3ccnc3)ccc2o1. The van der Waals surface area contributed by atoms with Crippen molar-refractivity contribution in [3.63, 3.8) is 0 Å². The summed E-state index contributed by atoms with van der Waals surface area (Å²) in [6.07, 6.45) is 12.0. The molecule has 0 saturated carbocycles. The number of amides is 2. The number of anilines is 1. The van der Waals surface area contributed by atoms with Gasteiger partial charge in [0, 0.05) is 73.5 Å². The van der Waals surface area contributed by atoms with Crippen LogP contribution < -0.4 is 15.6 Å². The zero-order valence-corrected chi connectivity index (χ0v) is 27.9. The summed E-state index contributed by atoms with van der Waals surface area (Å²) in [5, 5.41) is 4.22. The van der Waals surface area contributed by atoms with E-state index in [4.69, 9.17) is 16.0 Å². The van der Waals surface area contributed by atoms with Crippen LogP contribution >= 0.6 is 11.6 Å². The van der Waals surface area contributed by atoms with Gasteiger partial charge in [0.15, 0.2) is 11.2 Å². The average Bonchev–Trinajstić information content (AvgIpc) is 3.81. The number of halogens is 1. The number of rotatable bonds is 10. The van der Waals surface area contributed by atoms with Crippen molar-refractivity contribution in [3.8, 4) is 5.69 Å². The molecular weight excluding hydrogens is 638 g/mol. The number of hydrogen-bond donors (Lipinski definition) is 1. The lowest BCUT2D eigenvalue weighted by molar-refractivity contribution is -0.128. The summed E-state index contributed by atoms with van der Waals surface area (Å²) < 4.78 is 7.77. The maximum Gasteiger partial charge on any atom is 0.287 e. The van der Waals surface area contributed by atoms with Gasteiger partial charge in [-0.15, -0.1) is 0 Å². The van der Waals surface area contributed by atoms with Gasteiger partial charge in [0.25, 0.3) is 5.91 Å². The van der Waals surface area contributed by atoms with Crippen molar-refractivity contribution >= 4 is 40.1 Å². The molecule has 2 fully saturated rings. The largest absolute Gasteiger partial charge is 0.451 e. The molecule has 2 amide bonds. The lowest BCUT2D eigenvalue weighted by atomic mass is 9.97. The van der Waals surface area contributed by atoms with E-state index < -0.39 is 5.91 Å². The molecule has 49 heavy (non-hydrogen) atoms. The first-order chi connectivity index (χ1) is 23.9. The van der Waals surface area contributed by atoms with Crippen LogP contribution in [0, 0.1) is 0 Å². The maximum absolute atomic E-state index is 13.6. The normalized spacial score (nSPS) is 15.5. The molecule has 1 atom stereocenters. The summed E-state index contributed by atoms with van der Waals surface area (Å²) in [5.41, 5.74) is 5.59. The van der Waals surface area contributed by atoms with Crippen LogP contribution in [0.4, 0.5) is 5.69 Å². The van der Waals surface area contributed by atoms with Crippen molar-refractivity contribution in [1.82, 2.24) is 19.8 Å². The molecule has 10 heteroatoms. The monoisotopic (exact) mass is 675 g/mol. The molecule has 0 spiro atoms. The zero-order valence-electron chi connectivity index (χ0n) is 27.2. The van der Waals surface area contributed by atoms with Crippen molar-refractivity contribution < 1.29 is 14.0 Å². The second-order valence-electron chi connectivity index (χ2n) is 12.7. The van der Waals surface area contributed by atoms with Gasteiger partial charge in [0.1, 0.15) is 5.58 Å². The molecule has 0 radical (unpaired) electrons. The minimum absolute atomic E-state index is 0.0225. The van der Waals surface area contributed by atoms with Crippen molar-refractivity contribution in [1.29, 1.82) is 0 Å². The molecular formula is C39H38ClN5O4. The first-order valence-electron chi connectivity index (χ1n) is 16.8. The number of carbonyl (C=O) groups is 2. The number of fused-ring (bicyclic) bond motifs is 1. The molecule has 2 aromatic heterocycles. The van der Waals surface area contributed by atoms with E-state index in [0.717, 1.165) is 56.6 Å². The predicted molar refractivity (Wildman–Crippen MR) is 191 cm³/mol. The van der Waals surface area contributed by atoms with Crippen LogP contribution in [-0.4, -0.2) is 51.9 Å². The number of likely N-dealkylation sites (tertiary alicyclic amines) is 1. The van der Waals surface area contributed by atoms with Gasteiger partial charge in [-0.05, 0) is 79.6 Å². The van der Waals surface area contributed by atoms with Crippen molar-refractivity contribution in [2.45, 2.75) is 51.1 Å². The fourth-order valence-electron chi connectivity index (χ4n) is 6.75. The summed E-state index contributed by atoms with van der Waals surface area (Å²) in [5.74, 6) is -0.225. The Morgan fingerprint density at radius 1 is 0.980 bits per heavy atom. The molecule has 2 aliphatic heterocycles. The number of carbonyl (C=O) groups excluding carboxylic acids is 2. The van der Waals surface area contributed by atoms with Gasteiger partial charge in [-0.1, -0.05) is 53.6 Å². The third kappa shape index (κ3) is 7.62. The number of para-hydroxylation sites is 1. The number of aryl methyl sites for hydroxylation is 1. The molecule has 9 nitrogen and oxygen atoms in total. The van der Waals surface area contributed by atoms with E-state index in [0.29, 0.717) is 35.4 Å². The van der Waals surface area contributed by atoms with E-state index >= 15 is 0 Å². The molecule has 3 aromatic carbocycles. The molecule has 0 bridgehead atoms. The molecule has 5 aromatic rings. The Balaban J connectivity index is 1.07. The molecule has 7 rings (SSSR count). The second-order valence-corrected chi connectivity index (χ2v) is 13.2. The Morgan fingerprint density at radius 3 is 2.55 bits per heavy atom. The summed E-state index contributed by atoms with van der Waals surface area (Å²) in [7, 11) is 0. The van der Waals surface area contributed by atoms with Gasteiger partial charge < -0.3 is 24.1 Å². The highest BCUT2D eigenvalue weighted by Gasteiger charge is 2.24. The first kappa shape index (κ1) is 32.4. The van der Waals surface area contributed by atoms with Gasteiger partial charge >= 0.3 is 0 Å². The van der Waals surface area contributed by atoms with Crippen LogP contribution in [0.5, 0.6) is 0 Å². The molecule has 1 N–H and O–H groups in total. The summed E-state index contributed by atoms with van der Waals surface area (Å²) >= 11 is 6.12. The number of imidazole rings is 1. The molecule has 2 aliphatic rings. The highest BCUT2D eigenvalue weighted by atomic mass is 35.5. The highest BCUT2D eigenvalue weighted by Crippen LogP contribution is 2.29. The van der Waals surface area contributed by atoms with Gasteiger partial charge in [0.2, 0.25) is 5.91 Å². The van der Waals surface area contributed by atoms with E-state index in [1.807, 2.05) is 41.3 Å². The minimum Gasteiger partial charge on any atom is -0.451 e. The van der Waals surface area contributed by atoms with Gasteiger partial charge in [-0.25, -0.2) is 4.98 Å². The van der Waals surface area contributed by atoms with Crippen LogP contribution in [0.15, 0.2) is 112 Å². The van der Waals surface area contributed by atoms with E-state index in [1.54, 1.807) is 35.4 Å². The van der Waals surface area contributed by atoms with Crippen molar-refractivity contribution in [2.75, 3.05) is 24.5 Å². The number of aromatic nitrogens is 2. The lowest BCUT2D eigenvalue weighted by Gasteiger charge is -2.33. The topological polar surface area (TPSA) is 101 Å². The fourth-order valence-corrected chi connectivity index (χ4v) is 6.88. The van der Waals surface area contributed by atoms with Crippen LogP contribution in [0.1, 0.15) is 53.8 Å². The Labute approximate surface area is 289 Å². The maximum atomic E-state index is 13.6. The van der Waals surface area contributed by atoms with Crippen molar-refractivity contribution in [2.24, 2.45) is 0 Å². The second kappa shape index (κ2) is 14.5. The summed E-state index contributed by atoms with van der Waals surface area (Å²) in [6.45, 7) is 3.15. The Morgan fingerprint density at radius 2 is 1.80 bits per heavy atom. The minimum atomic E-state index is -0.432. The van der Waals surface area contributed by atoms with Crippen LogP contribution in [0.2, 0.25) is 5.02 Å². The summed E-state index contributed by atoms with van der Waals surface area (Å²) in [4.78, 5) is 47.5. The standard InChI is InChI=1S/C39H38ClN5O4/c40-30-10-7-27(8-11-30)9-12-31(42-39(48)37-24-35(46)33-23-32(13-14-36(33)49-37)45-21-17-41-26-45)22-28-15-19-43(20-16-28)34-5-2-1-4-29(34)25-44-18-3-6-38(44)47/h1-2,4-5,7-8,10-11,13-14,17,21-24,26,31H,3,6,9,12,15-16,18-20,25H2,(H,42,48). The third-order valence-electron chi connectivity index (χ3n) is 9.42. The average molecular weight is 676 g/mol. The van der Waals surface area contributed by atoms with Crippen molar-refractivity contribution in [3.05, 3.63) is 135 Å². The number of hydrogen-bond acceptors (Lipinski definition) is 6. The number of benzene rings is 3. The zero-order chi connectivity index (χ0) is 33.7. The molecule has 2 saturated heterocycles. The first-order valence-corrected chi connectivity index (χ1v) is 17.2. The summed E-state index contributed by atoms with van der Waals surface area (Å²) in [6, 6.07) is 22.4. The lowest BCUT2D eigenvalue weighted by Crippen LogP contribution is -2.36. The Bertz CT molecular complexity index is 2040. The molecule has 0 aliphatic carbocycles. The third-order valence-corrected chi connectivity index (χ3v) is 9.67.